The van der Waals surface area contributed by atoms with Crippen molar-refractivity contribution in [2.24, 2.45) is 0 Å². The molecule has 0 unspecified atom stereocenters. The lowest BCUT2D eigenvalue weighted by Gasteiger charge is -2.05. The van der Waals surface area contributed by atoms with Crippen LogP contribution in [-0.4, -0.2) is 21.5 Å². The summed E-state index contributed by atoms with van der Waals surface area (Å²) in [7, 11) is 0. The van der Waals surface area contributed by atoms with Crippen molar-refractivity contribution in [1.82, 2.24) is 9.97 Å². The van der Waals surface area contributed by atoms with Gasteiger partial charge in [-0.3, -0.25) is 4.79 Å². The van der Waals surface area contributed by atoms with E-state index in [1.807, 2.05) is 48.7 Å². The summed E-state index contributed by atoms with van der Waals surface area (Å²) in [5.74, 6) is -0.717. The molecule has 2 aromatic heterocycles. The van der Waals surface area contributed by atoms with Crippen LogP contribution in [0.25, 0.3) is 10.9 Å². The first-order valence-corrected chi connectivity index (χ1v) is 8.87. The molecule has 0 N–H and O–H groups in total. The fourth-order valence-electron chi connectivity index (χ4n) is 2.13. The van der Waals surface area contributed by atoms with Crippen LogP contribution in [0.15, 0.2) is 46.8 Å². The van der Waals surface area contributed by atoms with E-state index in [1.165, 1.54) is 23.1 Å². The van der Waals surface area contributed by atoms with E-state index in [-0.39, 0.29) is 11.5 Å². The molecular weight excluding hydrogens is 326 g/mol. The number of benzene rings is 1. The number of thioether (sulfide) groups is 1. The van der Waals surface area contributed by atoms with Crippen molar-refractivity contribution in [2.75, 3.05) is 5.75 Å². The van der Waals surface area contributed by atoms with E-state index < -0.39 is 5.92 Å². The third-order valence-electron chi connectivity index (χ3n) is 3.27. The van der Waals surface area contributed by atoms with E-state index in [2.05, 4.69) is 16.0 Å². The molecule has 0 bridgehead atoms. The van der Waals surface area contributed by atoms with Gasteiger partial charge in [-0.25, -0.2) is 9.97 Å². The van der Waals surface area contributed by atoms with Gasteiger partial charge in [-0.2, -0.15) is 5.26 Å². The molecule has 2 heterocycles. The van der Waals surface area contributed by atoms with Crippen LogP contribution in [0.4, 0.5) is 0 Å². The van der Waals surface area contributed by atoms with E-state index in [4.69, 9.17) is 0 Å². The van der Waals surface area contributed by atoms with Crippen LogP contribution in [0.5, 0.6) is 0 Å². The first-order valence-electron chi connectivity index (χ1n) is 7.00. The number of ketones is 1. The summed E-state index contributed by atoms with van der Waals surface area (Å²) < 4.78 is 0. The summed E-state index contributed by atoms with van der Waals surface area (Å²) in [5.41, 5.74) is 1.74. The first kappa shape index (κ1) is 15.7. The van der Waals surface area contributed by atoms with Crippen LogP contribution in [-0.2, 0) is 4.79 Å². The highest BCUT2D eigenvalue weighted by Crippen LogP contribution is 2.25. The third-order valence-corrected chi connectivity index (χ3v) is 5.25. The Hall–Kier alpha value is -2.23. The van der Waals surface area contributed by atoms with Crippen LogP contribution in [0.3, 0.4) is 0 Å². The Morgan fingerprint density at radius 3 is 2.87 bits per heavy atom. The van der Waals surface area contributed by atoms with Crippen LogP contribution >= 0.6 is 23.1 Å². The van der Waals surface area contributed by atoms with Gasteiger partial charge >= 0.3 is 0 Å². The third kappa shape index (κ3) is 3.58. The predicted molar refractivity (Wildman–Crippen MR) is 92.7 cm³/mol. The van der Waals surface area contributed by atoms with Crippen molar-refractivity contribution in [3.05, 3.63) is 52.5 Å². The maximum Gasteiger partial charge on any atom is 0.167 e. The molecule has 0 saturated carbocycles. The number of carbonyl (C=O) groups excluding carboxylic acids is 1. The van der Waals surface area contributed by atoms with E-state index in [0.717, 1.165) is 21.6 Å². The molecule has 0 amide bonds. The number of hydrogen-bond donors (Lipinski definition) is 0. The van der Waals surface area contributed by atoms with E-state index >= 15 is 0 Å². The average Bonchev–Trinajstić information content (AvgIpc) is 2.99. The second-order valence-corrected chi connectivity index (χ2v) is 6.87. The molecule has 6 heteroatoms. The topological polar surface area (TPSA) is 66.6 Å². The Morgan fingerprint density at radius 1 is 1.30 bits per heavy atom. The van der Waals surface area contributed by atoms with E-state index in [9.17, 15) is 10.1 Å². The number of hydrogen-bond acceptors (Lipinski definition) is 6. The van der Waals surface area contributed by atoms with Crippen molar-refractivity contribution >= 4 is 39.8 Å². The molecule has 0 saturated heterocycles. The van der Waals surface area contributed by atoms with Crippen LogP contribution < -0.4 is 0 Å². The van der Waals surface area contributed by atoms with Gasteiger partial charge in [-0.1, -0.05) is 36.0 Å². The number of rotatable bonds is 5. The quantitative estimate of drug-likeness (QED) is 0.658. The van der Waals surface area contributed by atoms with Crippen molar-refractivity contribution in [1.29, 1.82) is 5.26 Å². The molecule has 1 aromatic carbocycles. The number of carbonyl (C=O) groups is 1. The van der Waals surface area contributed by atoms with Gasteiger partial charge in [0.25, 0.3) is 0 Å². The fraction of sp³-hybridized carbons (Fsp3) is 0.176. The molecule has 0 spiro atoms. The number of nitriles is 1. The molecule has 1 atom stereocenters. The predicted octanol–water partition coefficient (Wildman–Crippen LogP) is 3.97. The van der Waals surface area contributed by atoms with Crippen LogP contribution in [0.1, 0.15) is 16.6 Å². The number of aryl methyl sites for hydroxylation is 1. The second kappa shape index (κ2) is 6.90. The molecule has 3 aromatic rings. The SMILES string of the molecule is Cc1csc([C@H](C#N)C(=O)CSc2ccc3ccccc3n2)n1. The Kier molecular flexibility index (Phi) is 4.70. The lowest BCUT2D eigenvalue weighted by molar-refractivity contribution is -0.116. The molecule has 3 rings (SSSR count). The number of aromatic nitrogens is 2. The number of para-hydroxylation sites is 1. The highest BCUT2D eigenvalue weighted by atomic mass is 32.2. The zero-order valence-electron chi connectivity index (χ0n) is 12.4. The zero-order chi connectivity index (χ0) is 16.2. The van der Waals surface area contributed by atoms with E-state index in [0.29, 0.717) is 5.01 Å². The Balaban J connectivity index is 1.71. The molecule has 0 aliphatic heterocycles. The van der Waals surface area contributed by atoms with Crippen LogP contribution in [0, 0.1) is 18.3 Å². The number of nitrogens with zero attached hydrogens (tertiary/aromatic N) is 3. The van der Waals surface area contributed by atoms with Crippen molar-refractivity contribution in [3.8, 4) is 6.07 Å². The smallest absolute Gasteiger partial charge is 0.167 e. The van der Waals surface area contributed by atoms with Crippen molar-refractivity contribution < 1.29 is 4.79 Å². The number of thiazole rings is 1. The Morgan fingerprint density at radius 2 is 2.13 bits per heavy atom. The number of Topliss-reactive ketones (excluding diaryl/α,β-unsaturated/α-hetero) is 1. The highest BCUT2D eigenvalue weighted by molar-refractivity contribution is 7.99. The minimum atomic E-state index is -0.790. The number of fused-ring (bicyclic) bond motifs is 1. The van der Waals surface area contributed by atoms with Crippen LogP contribution in [0.2, 0.25) is 0 Å². The van der Waals surface area contributed by atoms with Crippen molar-refractivity contribution in [3.63, 3.8) is 0 Å². The summed E-state index contributed by atoms with van der Waals surface area (Å²) >= 11 is 2.71. The Labute approximate surface area is 142 Å². The normalized spacial score (nSPS) is 12.0. The van der Waals surface area contributed by atoms with Gasteiger partial charge in [0, 0.05) is 16.5 Å². The van der Waals surface area contributed by atoms with Gasteiger partial charge in [0.1, 0.15) is 5.01 Å². The zero-order valence-corrected chi connectivity index (χ0v) is 14.0. The first-order chi connectivity index (χ1) is 11.2. The molecule has 23 heavy (non-hydrogen) atoms. The van der Waals surface area contributed by atoms with Gasteiger partial charge in [0.15, 0.2) is 11.7 Å². The summed E-state index contributed by atoms with van der Waals surface area (Å²) in [6.45, 7) is 1.85. The average molecular weight is 339 g/mol. The number of pyridine rings is 1. The summed E-state index contributed by atoms with van der Waals surface area (Å²) in [5, 5.41) is 13.5. The summed E-state index contributed by atoms with van der Waals surface area (Å²) in [6.07, 6.45) is 0. The summed E-state index contributed by atoms with van der Waals surface area (Å²) in [6, 6.07) is 13.8. The van der Waals surface area contributed by atoms with Gasteiger partial charge in [-0.15, -0.1) is 11.3 Å². The van der Waals surface area contributed by atoms with Gasteiger partial charge in [0.2, 0.25) is 0 Å². The minimum Gasteiger partial charge on any atom is -0.297 e. The molecule has 0 aliphatic carbocycles. The largest absolute Gasteiger partial charge is 0.297 e. The lowest BCUT2D eigenvalue weighted by atomic mass is 10.1. The second-order valence-electron chi connectivity index (χ2n) is 4.99. The lowest BCUT2D eigenvalue weighted by Crippen LogP contribution is -2.13. The van der Waals surface area contributed by atoms with E-state index in [1.54, 1.807) is 0 Å². The van der Waals surface area contributed by atoms with Gasteiger partial charge < -0.3 is 0 Å². The summed E-state index contributed by atoms with van der Waals surface area (Å²) in [4.78, 5) is 21.1. The maximum absolute atomic E-state index is 12.3. The Bertz CT molecular complexity index is 898. The standard InChI is InChI=1S/C17H13N3OS2/c1-11-9-23-17(19-11)13(8-18)15(21)10-22-16-7-6-12-4-2-3-5-14(12)20-16/h2-7,9,13H,10H2,1H3/t13-/m1/s1. The maximum atomic E-state index is 12.3. The molecule has 0 radical (unpaired) electrons. The highest BCUT2D eigenvalue weighted by Gasteiger charge is 2.23. The molecular formula is C17H13N3OS2. The minimum absolute atomic E-state index is 0.137. The fourth-order valence-corrected chi connectivity index (χ4v) is 3.77. The van der Waals surface area contributed by atoms with Gasteiger partial charge in [-0.05, 0) is 19.1 Å². The molecule has 0 fully saturated rings. The van der Waals surface area contributed by atoms with Crippen molar-refractivity contribution in [2.45, 2.75) is 17.9 Å². The molecule has 0 aliphatic rings. The molecule has 114 valence electrons. The monoisotopic (exact) mass is 339 g/mol. The van der Waals surface area contributed by atoms with Gasteiger partial charge in [0.05, 0.1) is 22.4 Å². The molecule has 4 nitrogen and oxygen atoms in total.